The van der Waals surface area contributed by atoms with Gasteiger partial charge in [-0.05, 0) is 103 Å². The molecule has 1 unspecified atom stereocenters. The summed E-state index contributed by atoms with van der Waals surface area (Å²) in [4.78, 5) is 38.4. The average molecular weight is 1140 g/mol. The standard InChI is InChI=1S/C76H132O6/c1-4-7-10-13-16-19-22-25-28-29-30-31-32-33-34-35-36-37-38-39-40-41-42-43-44-45-46-47-49-51-54-57-60-63-66-69-75(78)81-72-73(71-80-74(77)68-65-62-59-56-53-50-27-24-21-18-15-12-9-6-3)82-76(79)70-67-64-61-58-55-52-48-26-23-20-17-14-11-8-5-2/h7,10,16,19,25-26,28,30-31,33-34,36-37,39-40,48,73H,4-6,8-9,11-15,17-18,20-24,27,29,32,35,38,41-47,49-72H2,1-3H3/b10-7-,19-16-,28-25-,31-30-,34-33-,37-36-,40-39-,48-26-. The van der Waals surface area contributed by atoms with E-state index in [-0.39, 0.29) is 31.1 Å². The van der Waals surface area contributed by atoms with E-state index in [1.165, 1.54) is 193 Å². The molecule has 0 aliphatic rings. The van der Waals surface area contributed by atoms with Crippen LogP contribution in [-0.2, 0) is 28.6 Å². The molecular formula is C76H132O6. The number of hydrogen-bond donors (Lipinski definition) is 0. The van der Waals surface area contributed by atoms with Gasteiger partial charge >= 0.3 is 17.9 Å². The smallest absolute Gasteiger partial charge is 0.306 e. The van der Waals surface area contributed by atoms with Crippen LogP contribution in [0.1, 0.15) is 348 Å². The van der Waals surface area contributed by atoms with Crippen LogP contribution in [-0.4, -0.2) is 37.2 Å². The highest BCUT2D eigenvalue weighted by molar-refractivity contribution is 5.71. The van der Waals surface area contributed by atoms with Gasteiger partial charge in [-0.15, -0.1) is 0 Å². The Morgan fingerprint density at radius 2 is 0.476 bits per heavy atom. The zero-order valence-corrected chi connectivity index (χ0v) is 54.2. The van der Waals surface area contributed by atoms with Crippen LogP contribution in [0.25, 0.3) is 0 Å². The summed E-state index contributed by atoms with van der Waals surface area (Å²) in [5, 5.41) is 0. The molecule has 0 spiro atoms. The maximum atomic E-state index is 12.9. The molecular weight excluding hydrogens is 1010 g/mol. The number of carbonyl (C=O) groups is 3. The van der Waals surface area contributed by atoms with E-state index in [9.17, 15) is 14.4 Å². The minimum Gasteiger partial charge on any atom is -0.462 e. The van der Waals surface area contributed by atoms with Crippen LogP contribution >= 0.6 is 0 Å². The van der Waals surface area contributed by atoms with Gasteiger partial charge in [0, 0.05) is 19.3 Å². The van der Waals surface area contributed by atoms with Gasteiger partial charge in [-0.1, -0.05) is 323 Å². The highest BCUT2D eigenvalue weighted by Gasteiger charge is 2.19. The second-order valence-corrected chi connectivity index (χ2v) is 23.4. The van der Waals surface area contributed by atoms with Gasteiger partial charge in [0.1, 0.15) is 13.2 Å². The number of ether oxygens (including phenoxy) is 3. The van der Waals surface area contributed by atoms with Gasteiger partial charge in [-0.3, -0.25) is 14.4 Å². The van der Waals surface area contributed by atoms with Crippen molar-refractivity contribution in [3.63, 3.8) is 0 Å². The number of esters is 3. The van der Waals surface area contributed by atoms with Crippen LogP contribution < -0.4 is 0 Å². The van der Waals surface area contributed by atoms with Crippen molar-refractivity contribution in [3.05, 3.63) is 97.2 Å². The molecule has 0 fully saturated rings. The molecule has 6 heteroatoms. The van der Waals surface area contributed by atoms with Crippen molar-refractivity contribution < 1.29 is 28.6 Å². The van der Waals surface area contributed by atoms with Gasteiger partial charge in [0.05, 0.1) is 0 Å². The molecule has 0 saturated heterocycles. The van der Waals surface area contributed by atoms with Crippen molar-refractivity contribution in [3.8, 4) is 0 Å². The molecule has 0 rings (SSSR count). The minimum atomic E-state index is -0.780. The van der Waals surface area contributed by atoms with E-state index in [0.29, 0.717) is 19.3 Å². The molecule has 0 aromatic rings. The maximum absolute atomic E-state index is 12.9. The molecule has 0 saturated carbocycles. The Labute approximate surface area is 508 Å². The molecule has 82 heavy (non-hydrogen) atoms. The van der Waals surface area contributed by atoms with E-state index in [1.807, 2.05) is 0 Å². The van der Waals surface area contributed by atoms with Gasteiger partial charge in [-0.2, -0.15) is 0 Å². The third-order valence-corrected chi connectivity index (χ3v) is 15.3. The monoisotopic (exact) mass is 1140 g/mol. The van der Waals surface area contributed by atoms with Crippen molar-refractivity contribution in [1.82, 2.24) is 0 Å². The molecule has 0 amide bonds. The number of hydrogen-bond acceptors (Lipinski definition) is 6. The molecule has 0 radical (unpaired) electrons. The van der Waals surface area contributed by atoms with E-state index < -0.39 is 6.10 Å². The van der Waals surface area contributed by atoms with Crippen LogP contribution in [0.5, 0.6) is 0 Å². The van der Waals surface area contributed by atoms with E-state index in [1.54, 1.807) is 0 Å². The largest absolute Gasteiger partial charge is 0.462 e. The predicted octanol–water partition coefficient (Wildman–Crippen LogP) is 24.4. The lowest BCUT2D eigenvalue weighted by molar-refractivity contribution is -0.167. The van der Waals surface area contributed by atoms with E-state index in [0.717, 1.165) is 116 Å². The summed E-state index contributed by atoms with van der Waals surface area (Å²) in [6.07, 6.45) is 94.3. The highest BCUT2D eigenvalue weighted by atomic mass is 16.6. The molecule has 0 aliphatic carbocycles. The van der Waals surface area contributed by atoms with Gasteiger partial charge in [0.2, 0.25) is 0 Å². The Morgan fingerprint density at radius 3 is 0.756 bits per heavy atom. The summed E-state index contributed by atoms with van der Waals surface area (Å²) in [6.45, 7) is 6.55. The summed E-state index contributed by atoms with van der Waals surface area (Å²) in [5.74, 6) is -0.868. The maximum Gasteiger partial charge on any atom is 0.306 e. The first-order chi connectivity index (χ1) is 40.5. The highest BCUT2D eigenvalue weighted by Crippen LogP contribution is 2.17. The Bertz CT molecular complexity index is 1590. The quantitative estimate of drug-likeness (QED) is 0.0261. The van der Waals surface area contributed by atoms with Crippen molar-refractivity contribution in [2.24, 2.45) is 0 Å². The fourth-order valence-electron chi connectivity index (χ4n) is 10.1. The lowest BCUT2D eigenvalue weighted by atomic mass is 10.0. The van der Waals surface area contributed by atoms with Crippen LogP contribution in [0.15, 0.2) is 97.2 Å². The van der Waals surface area contributed by atoms with E-state index in [4.69, 9.17) is 14.2 Å². The fraction of sp³-hybridized carbons (Fsp3) is 0.750. The van der Waals surface area contributed by atoms with E-state index in [2.05, 4.69) is 118 Å². The Hall–Kier alpha value is -3.67. The number of carbonyl (C=O) groups excluding carboxylic acids is 3. The SMILES string of the molecule is CC/C=C\C/C=C\C/C=C\C/C=C\C/C=C\C/C=C\C/C=C\CCCCCCCCCCCCCCCC(=O)OCC(COC(=O)CCCCCCCCCCCCCCCC)OC(=O)CCCCCCC/C=C\CCCCCCCC. The zero-order valence-electron chi connectivity index (χ0n) is 54.2. The van der Waals surface area contributed by atoms with Gasteiger partial charge in [0.15, 0.2) is 6.10 Å². The van der Waals surface area contributed by atoms with Crippen LogP contribution in [0, 0.1) is 0 Å². The molecule has 0 N–H and O–H groups in total. The molecule has 1 atom stereocenters. The van der Waals surface area contributed by atoms with Gasteiger partial charge in [-0.25, -0.2) is 0 Å². The molecule has 0 aliphatic heterocycles. The van der Waals surface area contributed by atoms with Crippen molar-refractivity contribution in [2.75, 3.05) is 13.2 Å². The number of allylic oxidation sites excluding steroid dienone is 16. The van der Waals surface area contributed by atoms with Crippen molar-refractivity contribution >= 4 is 17.9 Å². The molecule has 0 aromatic heterocycles. The number of unbranched alkanes of at least 4 members (excludes halogenated alkanes) is 37. The van der Waals surface area contributed by atoms with Crippen LogP contribution in [0.4, 0.5) is 0 Å². The zero-order chi connectivity index (χ0) is 59.2. The molecule has 0 bridgehead atoms. The van der Waals surface area contributed by atoms with Crippen molar-refractivity contribution in [1.29, 1.82) is 0 Å². The minimum absolute atomic E-state index is 0.0754. The van der Waals surface area contributed by atoms with Crippen LogP contribution in [0.2, 0.25) is 0 Å². The van der Waals surface area contributed by atoms with Crippen molar-refractivity contribution in [2.45, 2.75) is 354 Å². The van der Waals surface area contributed by atoms with Gasteiger partial charge < -0.3 is 14.2 Å². The molecule has 472 valence electrons. The summed E-state index contributed by atoms with van der Waals surface area (Å²) in [7, 11) is 0. The molecule has 0 aromatic carbocycles. The first-order valence-corrected chi connectivity index (χ1v) is 35.2. The lowest BCUT2D eigenvalue weighted by Gasteiger charge is -2.18. The third kappa shape index (κ3) is 67.1. The summed E-state index contributed by atoms with van der Waals surface area (Å²) in [6, 6.07) is 0. The van der Waals surface area contributed by atoms with Gasteiger partial charge in [0.25, 0.3) is 0 Å². The first kappa shape index (κ1) is 78.3. The second-order valence-electron chi connectivity index (χ2n) is 23.4. The fourth-order valence-corrected chi connectivity index (χ4v) is 10.1. The molecule has 0 heterocycles. The topological polar surface area (TPSA) is 78.9 Å². The Morgan fingerprint density at radius 1 is 0.256 bits per heavy atom. The predicted molar refractivity (Wildman–Crippen MR) is 357 cm³/mol. The normalized spacial score (nSPS) is 12.7. The first-order valence-electron chi connectivity index (χ1n) is 35.2. The van der Waals surface area contributed by atoms with E-state index >= 15 is 0 Å². The van der Waals surface area contributed by atoms with Crippen LogP contribution in [0.3, 0.4) is 0 Å². The second kappa shape index (κ2) is 69.8. The number of rotatable bonds is 64. The summed E-state index contributed by atoms with van der Waals surface area (Å²) in [5.41, 5.74) is 0. The Balaban J connectivity index is 4.18. The Kier molecular flexibility index (Phi) is 66.7. The molecule has 6 nitrogen and oxygen atoms in total. The summed E-state index contributed by atoms with van der Waals surface area (Å²) < 4.78 is 17.0. The average Bonchev–Trinajstić information content (AvgIpc) is 3.48. The summed E-state index contributed by atoms with van der Waals surface area (Å²) >= 11 is 0. The third-order valence-electron chi connectivity index (χ3n) is 15.3. The lowest BCUT2D eigenvalue weighted by Crippen LogP contribution is -2.30.